The van der Waals surface area contributed by atoms with Crippen LogP contribution in [0.4, 0.5) is 0 Å². The predicted octanol–water partition coefficient (Wildman–Crippen LogP) is 3.12. The predicted molar refractivity (Wildman–Crippen MR) is 85.2 cm³/mol. The van der Waals surface area contributed by atoms with Gasteiger partial charge in [-0.3, -0.25) is 4.79 Å². The van der Waals surface area contributed by atoms with Gasteiger partial charge >= 0.3 is 5.97 Å². The third-order valence-corrected chi connectivity index (χ3v) is 3.69. The van der Waals surface area contributed by atoms with Crippen molar-refractivity contribution in [3.63, 3.8) is 0 Å². The van der Waals surface area contributed by atoms with Crippen molar-refractivity contribution < 1.29 is 28.5 Å². The van der Waals surface area contributed by atoms with Crippen LogP contribution in [-0.4, -0.2) is 32.3 Å². The third kappa shape index (κ3) is 3.28. The highest BCUT2D eigenvalue weighted by atomic mass is 35.5. The second kappa shape index (κ2) is 6.80. The van der Waals surface area contributed by atoms with Crippen LogP contribution in [0.3, 0.4) is 0 Å². The maximum atomic E-state index is 12.1. The van der Waals surface area contributed by atoms with E-state index in [0.29, 0.717) is 22.8 Å². The molecule has 1 aliphatic heterocycles. The minimum absolute atomic E-state index is 0.0451. The fourth-order valence-corrected chi connectivity index (χ4v) is 2.43. The van der Waals surface area contributed by atoms with Crippen molar-refractivity contribution in [2.45, 2.75) is 0 Å². The van der Waals surface area contributed by atoms with Gasteiger partial charge in [-0.1, -0.05) is 11.6 Å². The summed E-state index contributed by atoms with van der Waals surface area (Å²) >= 11 is 6.01. The van der Waals surface area contributed by atoms with E-state index in [1.165, 1.54) is 19.2 Å². The number of esters is 1. The van der Waals surface area contributed by atoms with E-state index < -0.39 is 5.97 Å². The summed E-state index contributed by atoms with van der Waals surface area (Å²) in [6.45, 7) is -0.333. The van der Waals surface area contributed by atoms with Crippen molar-refractivity contribution >= 4 is 23.4 Å². The Morgan fingerprint density at radius 2 is 1.88 bits per heavy atom. The number of halogens is 1. The monoisotopic (exact) mass is 348 g/mol. The standard InChI is InChI=1S/C17H13ClO6/c1-21-12-4-2-10(3-5-12)14(19)8-22-17(20)11-6-13(18)16-15(7-11)23-9-24-16/h2-7H,8-9H2,1H3. The minimum atomic E-state index is -0.669. The van der Waals surface area contributed by atoms with E-state index in [-0.39, 0.29) is 29.8 Å². The maximum Gasteiger partial charge on any atom is 0.338 e. The van der Waals surface area contributed by atoms with E-state index in [2.05, 4.69) is 0 Å². The van der Waals surface area contributed by atoms with Gasteiger partial charge in [-0.2, -0.15) is 0 Å². The zero-order chi connectivity index (χ0) is 17.1. The minimum Gasteiger partial charge on any atom is -0.497 e. The molecule has 24 heavy (non-hydrogen) atoms. The Morgan fingerprint density at radius 1 is 1.12 bits per heavy atom. The Kier molecular flexibility index (Phi) is 4.57. The fourth-order valence-electron chi connectivity index (χ4n) is 2.16. The average Bonchev–Trinajstić information content (AvgIpc) is 3.08. The summed E-state index contributed by atoms with van der Waals surface area (Å²) in [5.74, 6) is 0.409. The normalized spacial score (nSPS) is 11.9. The topological polar surface area (TPSA) is 71.1 Å². The number of ether oxygens (including phenoxy) is 4. The number of methoxy groups -OCH3 is 1. The molecule has 1 heterocycles. The summed E-state index contributed by atoms with van der Waals surface area (Å²) < 4.78 is 20.4. The lowest BCUT2D eigenvalue weighted by Crippen LogP contribution is -2.14. The van der Waals surface area contributed by atoms with Gasteiger partial charge in [0.1, 0.15) is 5.75 Å². The van der Waals surface area contributed by atoms with Gasteiger partial charge in [0.15, 0.2) is 23.9 Å². The van der Waals surface area contributed by atoms with Crippen molar-refractivity contribution in [2.24, 2.45) is 0 Å². The van der Waals surface area contributed by atoms with Crippen LogP contribution >= 0.6 is 11.6 Å². The van der Waals surface area contributed by atoms with Crippen LogP contribution in [0.25, 0.3) is 0 Å². The molecule has 0 atom stereocenters. The molecule has 0 aromatic heterocycles. The molecule has 0 saturated carbocycles. The van der Waals surface area contributed by atoms with Gasteiger partial charge in [-0.15, -0.1) is 0 Å². The Morgan fingerprint density at radius 3 is 2.58 bits per heavy atom. The molecule has 0 fully saturated rings. The first-order chi connectivity index (χ1) is 11.6. The number of benzene rings is 2. The van der Waals surface area contributed by atoms with E-state index in [0.717, 1.165) is 0 Å². The van der Waals surface area contributed by atoms with Gasteiger partial charge in [0.2, 0.25) is 6.79 Å². The Balaban J connectivity index is 1.65. The third-order valence-electron chi connectivity index (χ3n) is 3.41. The molecule has 3 rings (SSSR count). The molecule has 0 radical (unpaired) electrons. The second-order valence-electron chi connectivity index (χ2n) is 4.92. The first-order valence-electron chi connectivity index (χ1n) is 7.02. The number of carbonyl (C=O) groups excluding carboxylic acids is 2. The SMILES string of the molecule is COc1ccc(C(=O)COC(=O)c2cc(Cl)c3c(c2)OCO3)cc1. The summed E-state index contributed by atoms with van der Waals surface area (Å²) in [5.41, 5.74) is 0.610. The molecule has 0 unspecified atom stereocenters. The summed E-state index contributed by atoms with van der Waals surface area (Å²) in [6.07, 6.45) is 0. The summed E-state index contributed by atoms with van der Waals surface area (Å²) in [4.78, 5) is 24.1. The lowest BCUT2D eigenvalue weighted by Gasteiger charge is -2.07. The fraction of sp³-hybridized carbons (Fsp3) is 0.176. The number of hydrogen-bond acceptors (Lipinski definition) is 6. The molecule has 1 aliphatic rings. The number of rotatable bonds is 5. The van der Waals surface area contributed by atoms with Crippen molar-refractivity contribution in [3.05, 3.63) is 52.5 Å². The van der Waals surface area contributed by atoms with Crippen LogP contribution in [0.5, 0.6) is 17.2 Å². The summed E-state index contributed by atoms with van der Waals surface area (Å²) in [7, 11) is 1.54. The molecular weight excluding hydrogens is 336 g/mol. The molecule has 0 spiro atoms. The molecule has 0 N–H and O–H groups in total. The van der Waals surface area contributed by atoms with Gasteiger partial charge < -0.3 is 18.9 Å². The molecule has 2 aromatic carbocycles. The molecule has 0 amide bonds. The number of hydrogen-bond donors (Lipinski definition) is 0. The molecule has 124 valence electrons. The van der Waals surface area contributed by atoms with Gasteiger partial charge in [0.05, 0.1) is 17.7 Å². The van der Waals surface area contributed by atoms with Gasteiger partial charge in [-0.25, -0.2) is 4.79 Å². The van der Waals surface area contributed by atoms with Crippen LogP contribution in [0.2, 0.25) is 5.02 Å². The van der Waals surface area contributed by atoms with Crippen LogP contribution in [0.1, 0.15) is 20.7 Å². The molecule has 6 nitrogen and oxygen atoms in total. The summed E-state index contributed by atoms with van der Waals surface area (Å²) in [5, 5.41) is 0.249. The first kappa shape index (κ1) is 16.1. The Hall–Kier alpha value is -2.73. The zero-order valence-electron chi connectivity index (χ0n) is 12.7. The van der Waals surface area contributed by atoms with E-state index in [1.807, 2.05) is 0 Å². The highest BCUT2D eigenvalue weighted by molar-refractivity contribution is 6.32. The molecule has 0 saturated heterocycles. The quantitative estimate of drug-likeness (QED) is 0.610. The van der Waals surface area contributed by atoms with E-state index in [1.54, 1.807) is 24.3 Å². The van der Waals surface area contributed by atoms with E-state index in [9.17, 15) is 9.59 Å². The molecule has 2 aromatic rings. The smallest absolute Gasteiger partial charge is 0.338 e. The second-order valence-corrected chi connectivity index (χ2v) is 5.33. The first-order valence-corrected chi connectivity index (χ1v) is 7.40. The Labute approximate surface area is 142 Å². The molecule has 0 aliphatic carbocycles. The number of carbonyl (C=O) groups is 2. The molecular formula is C17H13ClO6. The maximum absolute atomic E-state index is 12.1. The van der Waals surface area contributed by atoms with Crippen molar-refractivity contribution in [2.75, 3.05) is 20.5 Å². The van der Waals surface area contributed by atoms with Gasteiger partial charge in [0.25, 0.3) is 0 Å². The zero-order valence-corrected chi connectivity index (χ0v) is 13.5. The largest absolute Gasteiger partial charge is 0.497 e. The van der Waals surface area contributed by atoms with Crippen LogP contribution in [0.15, 0.2) is 36.4 Å². The molecule has 0 bridgehead atoms. The van der Waals surface area contributed by atoms with Crippen molar-refractivity contribution in [1.82, 2.24) is 0 Å². The number of ketones is 1. The number of fused-ring (bicyclic) bond motifs is 1. The van der Waals surface area contributed by atoms with Crippen molar-refractivity contribution in [3.8, 4) is 17.2 Å². The highest BCUT2D eigenvalue weighted by Crippen LogP contribution is 2.39. The average molecular weight is 349 g/mol. The van der Waals surface area contributed by atoms with Crippen LogP contribution in [-0.2, 0) is 4.74 Å². The van der Waals surface area contributed by atoms with Gasteiger partial charge in [-0.05, 0) is 36.4 Å². The lowest BCUT2D eigenvalue weighted by atomic mass is 10.1. The highest BCUT2D eigenvalue weighted by Gasteiger charge is 2.21. The lowest BCUT2D eigenvalue weighted by molar-refractivity contribution is 0.0474. The van der Waals surface area contributed by atoms with Crippen molar-refractivity contribution in [1.29, 1.82) is 0 Å². The van der Waals surface area contributed by atoms with Crippen LogP contribution in [0, 0.1) is 0 Å². The van der Waals surface area contributed by atoms with Crippen LogP contribution < -0.4 is 14.2 Å². The number of Topliss-reactive ketones (excluding diaryl/α,β-unsaturated/α-hetero) is 1. The molecule has 7 heteroatoms. The van der Waals surface area contributed by atoms with E-state index >= 15 is 0 Å². The van der Waals surface area contributed by atoms with Gasteiger partial charge in [0, 0.05) is 5.56 Å². The Bertz CT molecular complexity index is 784. The summed E-state index contributed by atoms with van der Waals surface area (Å²) in [6, 6.07) is 9.40. The van der Waals surface area contributed by atoms with E-state index in [4.69, 9.17) is 30.5 Å².